The molecule has 3 rings (SSSR count). The molecule has 0 spiro atoms. The number of fused-ring (bicyclic) bond motifs is 2. The minimum atomic E-state index is 0.278. The van der Waals surface area contributed by atoms with E-state index in [9.17, 15) is 4.79 Å². The molecule has 0 heterocycles. The van der Waals surface area contributed by atoms with Crippen LogP contribution in [0, 0.1) is 17.8 Å². The Morgan fingerprint density at radius 1 is 1.33 bits per heavy atom. The van der Waals surface area contributed by atoms with Gasteiger partial charge in [-0.3, -0.25) is 4.79 Å². The molecule has 96 valence electrons. The van der Waals surface area contributed by atoms with Crippen LogP contribution in [0.5, 0.6) is 5.75 Å². The van der Waals surface area contributed by atoms with Crippen molar-refractivity contribution in [3.05, 3.63) is 29.8 Å². The largest absolute Gasteiger partial charge is 0.494 e. The molecule has 1 aromatic rings. The Kier molecular flexibility index (Phi) is 3.11. The monoisotopic (exact) mass is 244 g/mol. The second-order valence-electron chi connectivity index (χ2n) is 5.61. The average Bonchev–Trinajstić information content (AvgIpc) is 3.01. The van der Waals surface area contributed by atoms with Crippen LogP contribution in [0.25, 0.3) is 0 Å². The smallest absolute Gasteiger partial charge is 0.166 e. The van der Waals surface area contributed by atoms with Crippen molar-refractivity contribution in [2.75, 3.05) is 6.61 Å². The molecular weight excluding hydrogens is 224 g/mol. The van der Waals surface area contributed by atoms with Crippen molar-refractivity contribution in [3.63, 3.8) is 0 Å². The summed E-state index contributed by atoms with van der Waals surface area (Å²) in [5, 5.41) is 0. The van der Waals surface area contributed by atoms with Crippen LogP contribution in [0.15, 0.2) is 24.3 Å². The van der Waals surface area contributed by atoms with Crippen LogP contribution in [0.2, 0.25) is 0 Å². The maximum atomic E-state index is 12.5. The van der Waals surface area contributed by atoms with Crippen molar-refractivity contribution in [2.24, 2.45) is 17.8 Å². The molecule has 0 saturated heterocycles. The van der Waals surface area contributed by atoms with Gasteiger partial charge in [0.25, 0.3) is 0 Å². The van der Waals surface area contributed by atoms with Gasteiger partial charge in [-0.2, -0.15) is 0 Å². The van der Waals surface area contributed by atoms with E-state index >= 15 is 0 Å². The second-order valence-corrected chi connectivity index (χ2v) is 5.61. The molecule has 18 heavy (non-hydrogen) atoms. The van der Waals surface area contributed by atoms with Crippen molar-refractivity contribution in [3.8, 4) is 5.75 Å². The summed E-state index contributed by atoms with van der Waals surface area (Å²) >= 11 is 0. The topological polar surface area (TPSA) is 26.3 Å². The quantitative estimate of drug-likeness (QED) is 0.755. The zero-order chi connectivity index (χ0) is 12.5. The third-order valence-electron chi connectivity index (χ3n) is 4.50. The number of rotatable bonds is 4. The molecule has 0 amide bonds. The van der Waals surface area contributed by atoms with Gasteiger partial charge >= 0.3 is 0 Å². The predicted molar refractivity (Wildman–Crippen MR) is 70.9 cm³/mol. The molecule has 2 bridgehead atoms. The summed E-state index contributed by atoms with van der Waals surface area (Å²) in [4.78, 5) is 12.5. The van der Waals surface area contributed by atoms with E-state index in [0.717, 1.165) is 23.7 Å². The van der Waals surface area contributed by atoms with Crippen molar-refractivity contribution < 1.29 is 9.53 Å². The molecule has 0 N–H and O–H groups in total. The fraction of sp³-hybridized carbons (Fsp3) is 0.562. The summed E-state index contributed by atoms with van der Waals surface area (Å²) in [7, 11) is 0. The molecule has 1 aromatic carbocycles. The Hall–Kier alpha value is -1.31. The van der Waals surface area contributed by atoms with E-state index in [-0.39, 0.29) is 5.92 Å². The molecule has 3 atom stereocenters. The maximum Gasteiger partial charge on any atom is 0.166 e. The molecular formula is C16H20O2. The number of ketones is 1. The van der Waals surface area contributed by atoms with Crippen molar-refractivity contribution >= 4 is 5.78 Å². The summed E-state index contributed by atoms with van der Waals surface area (Å²) in [5.41, 5.74) is 0.832. The fourth-order valence-corrected chi connectivity index (χ4v) is 3.69. The fourth-order valence-electron chi connectivity index (χ4n) is 3.69. The lowest BCUT2D eigenvalue weighted by Crippen LogP contribution is -2.21. The van der Waals surface area contributed by atoms with Gasteiger partial charge in [0.1, 0.15) is 5.75 Å². The van der Waals surface area contributed by atoms with Crippen LogP contribution < -0.4 is 4.74 Å². The summed E-state index contributed by atoms with van der Waals surface area (Å²) in [6.45, 7) is 2.61. The third kappa shape index (κ3) is 2.05. The maximum absolute atomic E-state index is 12.5. The zero-order valence-corrected chi connectivity index (χ0v) is 10.9. The Labute approximate surface area is 108 Å². The Balaban J connectivity index is 1.77. The first-order valence-electron chi connectivity index (χ1n) is 7.05. The predicted octanol–water partition coefficient (Wildman–Crippen LogP) is 3.70. The molecule has 0 aromatic heterocycles. The zero-order valence-electron chi connectivity index (χ0n) is 10.9. The molecule has 2 fully saturated rings. The molecule has 2 nitrogen and oxygen atoms in total. The van der Waals surface area contributed by atoms with Crippen molar-refractivity contribution in [1.82, 2.24) is 0 Å². The van der Waals surface area contributed by atoms with Gasteiger partial charge in [0.2, 0.25) is 0 Å². The molecule has 3 unspecified atom stereocenters. The summed E-state index contributed by atoms with van der Waals surface area (Å²) in [6, 6.07) is 7.67. The lowest BCUT2D eigenvalue weighted by atomic mass is 9.83. The SMILES string of the molecule is CCOc1cccc(C(=O)C2CC3CCC2C3)c1. The van der Waals surface area contributed by atoms with Crippen LogP contribution in [0.1, 0.15) is 43.0 Å². The first-order chi connectivity index (χ1) is 8.78. The number of ether oxygens (including phenoxy) is 1. The highest BCUT2D eigenvalue weighted by molar-refractivity contribution is 5.98. The Morgan fingerprint density at radius 2 is 2.22 bits per heavy atom. The molecule has 0 radical (unpaired) electrons. The number of hydrogen-bond acceptors (Lipinski definition) is 2. The van der Waals surface area contributed by atoms with Gasteiger partial charge in [0.15, 0.2) is 5.78 Å². The van der Waals surface area contributed by atoms with Gasteiger partial charge < -0.3 is 4.74 Å². The minimum absolute atomic E-state index is 0.278. The van der Waals surface area contributed by atoms with E-state index in [4.69, 9.17) is 4.74 Å². The van der Waals surface area contributed by atoms with E-state index in [1.165, 1.54) is 19.3 Å². The molecule has 0 aliphatic heterocycles. The van der Waals surface area contributed by atoms with Crippen LogP contribution in [0.4, 0.5) is 0 Å². The van der Waals surface area contributed by atoms with Gasteiger partial charge in [-0.1, -0.05) is 18.6 Å². The van der Waals surface area contributed by atoms with E-state index in [1.807, 2.05) is 31.2 Å². The number of carbonyl (C=O) groups excluding carboxylic acids is 1. The van der Waals surface area contributed by atoms with Crippen LogP contribution in [-0.4, -0.2) is 12.4 Å². The first kappa shape index (κ1) is 11.8. The number of hydrogen-bond donors (Lipinski definition) is 0. The molecule has 2 aliphatic carbocycles. The highest BCUT2D eigenvalue weighted by Gasteiger charge is 2.43. The Morgan fingerprint density at radius 3 is 2.89 bits per heavy atom. The standard InChI is InChI=1S/C16H20O2/c1-2-18-14-5-3-4-13(10-14)16(17)15-9-11-6-7-12(15)8-11/h3-5,10-12,15H,2,6-9H2,1H3. The molecule has 2 aliphatic rings. The summed E-state index contributed by atoms with van der Waals surface area (Å²) < 4.78 is 5.47. The summed E-state index contributed by atoms with van der Waals surface area (Å²) in [5.74, 6) is 2.90. The highest BCUT2D eigenvalue weighted by atomic mass is 16.5. The number of Topliss-reactive ketones (excluding diaryl/α,β-unsaturated/α-hetero) is 1. The van der Waals surface area contributed by atoms with E-state index < -0.39 is 0 Å². The van der Waals surface area contributed by atoms with Gasteiger partial charge in [0.05, 0.1) is 6.61 Å². The normalized spacial score (nSPS) is 29.5. The van der Waals surface area contributed by atoms with Crippen molar-refractivity contribution in [1.29, 1.82) is 0 Å². The third-order valence-corrected chi connectivity index (χ3v) is 4.50. The van der Waals surface area contributed by atoms with Crippen LogP contribution in [-0.2, 0) is 0 Å². The van der Waals surface area contributed by atoms with Gasteiger partial charge in [-0.15, -0.1) is 0 Å². The summed E-state index contributed by atoms with van der Waals surface area (Å²) in [6.07, 6.45) is 4.99. The Bertz CT molecular complexity index is 452. The second kappa shape index (κ2) is 4.75. The van der Waals surface area contributed by atoms with Gasteiger partial charge in [-0.05, 0) is 50.2 Å². The molecule has 2 heteroatoms. The lowest BCUT2D eigenvalue weighted by molar-refractivity contribution is 0.0874. The number of benzene rings is 1. The van der Waals surface area contributed by atoms with Gasteiger partial charge in [-0.25, -0.2) is 0 Å². The molecule has 2 saturated carbocycles. The average molecular weight is 244 g/mol. The number of carbonyl (C=O) groups is 1. The van der Waals surface area contributed by atoms with E-state index in [1.54, 1.807) is 0 Å². The van der Waals surface area contributed by atoms with Gasteiger partial charge in [0, 0.05) is 11.5 Å². The first-order valence-corrected chi connectivity index (χ1v) is 7.05. The van der Waals surface area contributed by atoms with E-state index in [2.05, 4.69) is 0 Å². The van der Waals surface area contributed by atoms with E-state index in [0.29, 0.717) is 18.3 Å². The van der Waals surface area contributed by atoms with Crippen LogP contribution in [0.3, 0.4) is 0 Å². The lowest BCUT2D eigenvalue weighted by Gasteiger charge is -2.20. The van der Waals surface area contributed by atoms with Crippen LogP contribution >= 0.6 is 0 Å². The minimum Gasteiger partial charge on any atom is -0.494 e. The van der Waals surface area contributed by atoms with Crippen molar-refractivity contribution in [2.45, 2.75) is 32.6 Å². The highest BCUT2D eigenvalue weighted by Crippen LogP contribution is 2.49.